The van der Waals surface area contributed by atoms with Gasteiger partial charge in [0, 0.05) is 57.4 Å². The van der Waals surface area contributed by atoms with Crippen LogP contribution < -0.4 is 24.8 Å². The van der Waals surface area contributed by atoms with E-state index >= 15 is 0 Å². The number of ether oxygens (including phenoxy) is 3. The molecule has 10 nitrogen and oxygen atoms in total. The lowest BCUT2D eigenvalue weighted by atomic mass is 10.1. The van der Waals surface area contributed by atoms with Gasteiger partial charge in [-0.25, -0.2) is 4.79 Å². The standard InChI is InChI=1S/C30H41N5O5/c1-30(2,3)32-29(37)35(18-21-6-5-7-24(14-21)38-4)23-16-25(28(36)33-12-10-31-11-13-33)34(19-23)17-22-8-9-26-27(15-22)40-20-39-26/h5-9,14-15,23,25,31H,10-13,16-20H2,1-4H3,(H,32,37)/t23-,25-/m0/s1. The molecule has 0 saturated carbocycles. The summed E-state index contributed by atoms with van der Waals surface area (Å²) in [6.07, 6.45) is 0.564. The zero-order valence-corrected chi connectivity index (χ0v) is 23.9. The molecule has 0 spiro atoms. The van der Waals surface area contributed by atoms with Crippen LogP contribution in [0.3, 0.4) is 0 Å². The predicted molar refractivity (Wildman–Crippen MR) is 151 cm³/mol. The third-order valence-corrected chi connectivity index (χ3v) is 7.59. The van der Waals surface area contributed by atoms with Crippen LogP contribution >= 0.6 is 0 Å². The number of carbonyl (C=O) groups excluding carboxylic acids is 2. The number of methoxy groups -OCH3 is 1. The second-order valence-electron chi connectivity index (χ2n) is 11.8. The highest BCUT2D eigenvalue weighted by Gasteiger charge is 2.43. The second-order valence-corrected chi connectivity index (χ2v) is 11.8. The lowest BCUT2D eigenvalue weighted by Crippen LogP contribution is -2.52. The Morgan fingerprint density at radius 1 is 1.07 bits per heavy atom. The minimum atomic E-state index is -0.398. The Morgan fingerprint density at radius 2 is 1.85 bits per heavy atom. The number of fused-ring (bicyclic) bond motifs is 1. The average Bonchev–Trinajstić information content (AvgIpc) is 3.58. The van der Waals surface area contributed by atoms with Crippen molar-refractivity contribution in [2.24, 2.45) is 0 Å². The lowest BCUT2D eigenvalue weighted by Gasteiger charge is -2.33. The van der Waals surface area contributed by atoms with Crippen LogP contribution in [-0.4, -0.2) is 90.9 Å². The maximum absolute atomic E-state index is 13.9. The fourth-order valence-corrected chi connectivity index (χ4v) is 5.63. The van der Waals surface area contributed by atoms with Crippen molar-refractivity contribution >= 4 is 11.9 Å². The molecule has 40 heavy (non-hydrogen) atoms. The number of hydrogen-bond donors (Lipinski definition) is 2. The molecular formula is C30H41N5O5. The minimum Gasteiger partial charge on any atom is -0.497 e. The van der Waals surface area contributed by atoms with Gasteiger partial charge in [0.2, 0.25) is 12.7 Å². The summed E-state index contributed by atoms with van der Waals surface area (Å²) in [5, 5.41) is 6.48. The van der Waals surface area contributed by atoms with Crippen LogP contribution in [-0.2, 0) is 17.9 Å². The van der Waals surface area contributed by atoms with Crippen molar-refractivity contribution in [1.29, 1.82) is 0 Å². The maximum Gasteiger partial charge on any atom is 0.318 e. The molecule has 0 aliphatic carbocycles. The van der Waals surface area contributed by atoms with Crippen LogP contribution in [0.1, 0.15) is 38.3 Å². The molecule has 0 aromatic heterocycles. The lowest BCUT2D eigenvalue weighted by molar-refractivity contribution is -0.136. The molecule has 2 N–H and O–H groups in total. The molecule has 2 fully saturated rings. The largest absolute Gasteiger partial charge is 0.497 e. The molecule has 3 aliphatic heterocycles. The summed E-state index contributed by atoms with van der Waals surface area (Å²) in [4.78, 5) is 33.6. The Balaban J connectivity index is 1.42. The normalized spacial score (nSPS) is 20.9. The first-order chi connectivity index (χ1) is 19.2. The highest BCUT2D eigenvalue weighted by molar-refractivity contribution is 5.83. The summed E-state index contributed by atoms with van der Waals surface area (Å²) < 4.78 is 16.5. The van der Waals surface area contributed by atoms with Gasteiger partial charge in [-0.15, -0.1) is 0 Å². The molecule has 0 radical (unpaired) electrons. The molecule has 3 heterocycles. The first-order valence-electron chi connectivity index (χ1n) is 14.0. The van der Waals surface area contributed by atoms with E-state index in [1.807, 2.05) is 73.0 Å². The molecule has 3 amide bonds. The molecule has 216 valence electrons. The predicted octanol–water partition coefficient (Wildman–Crippen LogP) is 2.81. The van der Waals surface area contributed by atoms with Gasteiger partial charge in [0.1, 0.15) is 5.75 Å². The summed E-state index contributed by atoms with van der Waals surface area (Å²) in [7, 11) is 1.64. The van der Waals surface area contributed by atoms with Crippen LogP contribution in [0, 0.1) is 0 Å². The fraction of sp³-hybridized carbons (Fsp3) is 0.533. The van der Waals surface area contributed by atoms with Crippen LogP contribution in [0.15, 0.2) is 42.5 Å². The number of hydrogen-bond acceptors (Lipinski definition) is 7. The third kappa shape index (κ3) is 6.62. The highest BCUT2D eigenvalue weighted by Crippen LogP contribution is 2.34. The van der Waals surface area contributed by atoms with Crippen LogP contribution in [0.4, 0.5) is 4.79 Å². The van der Waals surface area contributed by atoms with Gasteiger partial charge in [-0.1, -0.05) is 18.2 Å². The number of nitrogens with one attached hydrogen (secondary N) is 2. The smallest absolute Gasteiger partial charge is 0.318 e. The Labute approximate surface area is 236 Å². The van der Waals surface area contributed by atoms with E-state index in [0.29, 0.717) is 39.1 Å². The van der Waals surface area contributed by atoms with E-state index in [2.05, 4.69) is 15.5 Å². The van der Waals surface area contributed by atoms with Crippen molar-refractivity contribution < 1.29 is 23.8 Å². The van der Waals surface area contributed by atoms with Gasteiger partial charge in [-0.05, 0) is 62.6 Å². The minimum absolute atomic E-state index is 0.127. The van der Waals surface area contributed by atoms with Crippen molar-refractivity contribution in [3.8, 4) is 17.2 Å². The van der Waals surface area contributed by atoms with E-state index in [1.165, 1.54) is 0 Å². The van der Waals surface area contributed by atoms with Gasteiger partial charge in [-0.2, -0.15) is 0 Å². The zero-order chi connectivity index (χ0) is 28.3. The van der Waals surface area contributed by atoms with E-state index < -0.39 is 5.54 Å². The van der Waals surface area contributed by atoms with Gasteiger partial charge >= 0.3 is 6.03 Å². The topological polar surface area (TPSA) is 95.6 Å². The zero-order valence-electron chi connectivity index (χ0n) is 23.9. The summed E-state index contributed by atoms with van der Waals surface area (Å²) >= 11 is 0. The summed E-state index contributed by atoms with van der Waals surface area (Å²) in [5.41, 5.74) is 1.62. The number of benzene rings is 2. The maximum atomic E-state index is 13.9. The Hall–Kier alpha value is -3.50. The van der Waals surface area contributed by atoms with Crippen molar-refractivity contribution in [2.45, 2.75) is 57.9 Å². The number of nitrogens with zero attached hydrogens (tertiary/aromatic N) is 3. The molecule has 0 unspecified atom stereocenters. The first kappa shape index (κ1) is 28.0. The Bertz CT molecular complexity index is 1210. The van der Waals surface area contributed by atoms with E-state index in [-0.39, 0.29) is 30.8 Å². The van der Waals surface area contributed by atoms with Crippen LogP contribution in [0.5, 0.6) is 17.2 Å². The second kappa shape index (κ2) is 11.9. The van der Waals surface area contributed by atoms with Crippen molar-refractivity contribution in [3.05, 3.63) is 53.6 Å². The molecule has 2 aromatic rings. The molecule has 0 bridgehead atoms. The Morgan fingerprint density at radius 3 is 2.60 bits per heavy atom. The van der Waals surface area contributed by atoms with Gasteiger partial charge in [0.25, 0.3) is 0 Å². The number of rotatable bonds is 7. The SMILES string of the molecule is COc1cccc(CN(C(=O)NC(C)(C)C)[C@H]2C[C@@H](C(=O)N3CCNCC3)N(Cc3ccc4c(c3)OCO4)C2)c1. The van der Waals surface area contributed by atoms with E-state index in [1.54, 1.807) is 7.11 Å². The number of piperazine rings is 1. The molecule has 2 saturated heterocycles. The molecule has 5 rings (SSSR count). The fourth-order valence-electron chi connectivity index (χ4n) is 5.63. The van der Waals surface area contributed by atoms with Gasteiger partial charge in [0.15, 0.2) is 11.5 Å². The number of carbonyl (C=O) groups is 2. The van der Waals surface area contributed by atoms with Gasteiger partial charge in [0.05, 0.1) is 13.2 Å². The summed E-state index contributed by atoms with van der Waals surface area (Å²) in [6.45, 7) is 10.7. The quantitative estimate of drug-likeness (QED) is 0.547. The number of likely N-dealkylation sites (tertiary alicyclic amines) is 1. The van der Waals surface area contributed by atoms with Crippen molar-refractivity contribution in [1.82, 2.24) is 25.3 Å². The number of amides is 3. The van der Waals surface area contributed by atoms with Gasteiger partial charge < -0.3 is 34.6 Å². The molecule has 3 aliphatic rings. The molecule has 2 atom stereocenters. The van der Waals surface area contributed by atoms with E-state index in [0.717, 1.165) is 41.5 Å². The first-order valence-corrected chi connectivity index (χ1v) is 14.0. The van der Waals surface area contributed by atoms with Crippen molar-refractivity contribution in [2.75, 3.05) is 46.6 Å². The summed E-state index contributed by atoms with van der Waals surface area (Å²) in [5.74, 6) is 2.33. The highest BCUT2D eigenvalue weighted by atomic mass is 16.7. The van der Waals surface area contributed by atoms with E-state index in [9.17, 15) is 9.59 Å². The Kier molecular flexibility index (Phi) is 8.37. The molecule has 2 aromatic carbocycles. The number of urea groups is 1. The average molecular weight is 552 g/mol. The summed E-state index contributed by atoms with van der Waals surface area (Å²) in [6, 6.07) is 13.1. The third-order valence-electron chi connectivity index (χ3n) is 7.59. The molecular weight excluding hydrogens is 510 g/mol. The van der Waals surface area contributed by atoms with Crippen LogP contribution in [0.25, 0.3) is 0 Å². The van der Waals surface area contributed by atoms with Gasteiger partial charge in [-0.3, -0.25) is 9.69 Å². The molecule has 10 heteroatoms. The monoisotopic (exact) mass is 551 g/mol. The van der Waals surface area contributed by atoms with E-state index in [4.69, 9.17) is 14.2 Å². The van der Waals surface area contributed by atoms with Crippen LogP contribution in [0.2, 0.25) is 0 Å². The van der Waals surface area contributed by atoms with Crippen molar-refractivity contribution in [3.63, 3.8) is 0 Å².